The summed E-state index contributed by atoms with van der Waals surface area (Å²) >= 11 is 0. The van der Waals surface area contributed by atoms with Crippen LogP contribution in [0.3, 0.4) is 0 Å². The van der Waals surface area contributed by atoms with Crippen LogP contribution in [-0.2, 0) is 0 Å². The first-order valence-electron chi connectivity index (χ1n) is 19.1. The van der Waals surface area contributed by atoms with E-state index in [1.54, 1.807) is 0 Å². The van der Waals surface area contributed by atoms with Crippen LogP contribution in [0.15, 0.2) is 194 Å². The van der Waals surface area contributed by atoms with Crippen molar-refractivity contribution in [3.05, 3.63) is 194 Å². The number of hydrogen-bond acceptors (Lipinski definition) is 2. The molecule has 3 heterocycles. The fourth-order valence-electron chi connectivity index (χ4n) is 8.82. The molecule has 0 spiro atoms. The van der Waals surface area contributed by atoms with Gasteiger partial charge in [0.05, 0.1) is 33.3 Å². The molecule has 12 aromatic rings. The van der Waals surface area contributed by atoms with Gasteiger partial charge in [-0.15, -0.1) is 0 Å². The molecule has 0 bridgehead atoms. The van der Waals surface area contributed by atoms with E-state index in [4.69, 9.17) is 9.97 Å². The van der Waals surface area contributed by atoms with Crippen LogP contribution in [0.4, 0.5) is 0 Å². The van der Waals surface area contributed by atoms with E-state index in [1.807, 2.05) is 0 Å². The van der Waals surface area contributed by atoms with Crippen LogP contribution in [0, 0.1) is 0 Å². The fourth-order valence-corrected chi connectivity index (χ4v) is 8.82. The molecule has 0 aliphatic heterocycles. The van der Waals surface area contributed by atoms with Gasteiger partial charge in [-0.1, -0.05) is 140 Å². The number of benzene rings is 9. The molecule has 3 aromatic heterocycles. The minimum Gasteiger partial charge on any atom is -0.309 e. The molecular formula is C52H32N4. The third-order valence-corrected chi connectivity index (χ3v) is 11.5. The van der Waals surface area contributed by atoms with Crippen molar-refractivity contribution in [2.75, 3.05) is 0 Å². The molecule has 0 aliphatic carbocycles. The van der Waals surface area contributed by atoms with E-state index >= 15 is 0 Å². The van der Waals surface area contributed by atoms with E-state index in [0.29, 0.717) is 5.95 Å². The van der Waals surface area contributed by atoms with Crippen LogP contribution in [0.5, 0.6) is 0 Å². The number of para-hydroxylation sites is 2. The van der Waals surface area contributed by atoms with Gasteiger partial charge in [0.25, 0.3) is 0 Å². The molecule has 0 fully saturated rings. The predicted octanol–water partition coefficient (Wildman–Crippen LogP) is 13.5. The van der Waals surface area contributed by atoms with Gasteiger partial charge in [0, 0.05) is 38.2 Å². The highest BCUT2D eigenvalue weighted by Crippen LogP contribution is 2.40. The molecule has 0 saturated carbocycles. The molecule has 0 aliphatic rings. The summed E-state index contributed by atoms with van der Waals surface area (Å²) in [6.45, 7) is 0. The summed E-state index contributed by atoms with van der Waals surface area (Å²) in [5.74, 6) is 0.650. The summed E-state index contributed by atoms with van der Waals surface area (Å²) in [7, 11) is 0. The molecule has 0 atom stereocenters. The monoisotopic (exact) mass is 712 g/mol. The normalized spacial score (nSPS) is 11.9. The minimum absolute atomic E-state index is 0.650. The maximum atomic E-state index is 5.43. The zero-order chi connectivity index (χ0) is 36.7. The van der Waals surface area contributed by atoms with Crippen molar-refractivity contribution in [1.29, 1.82) is 0 Å². The maximum Gasteiger partial charge on any atom is 0.235 e. The molecule has 56 heavy (non-hydrogen) atoms. The van der Waals surface area contributed by atoms with Crippen LogP contribution >= 0.6 is 0 Å². The molecule has 4 nitrogen and oxygen atoms in total. The predicted molar refractivity (Wildman–Crippen MR) is 234 cm³/mol. The summed E-state index contributed by atoms with van der Waals surface area (Å²) in [6, 6.07) is 69.7. The largest absolute Gasteiger partial charge is 0.309 e. The smallest absolute Gasteiger partial charge is 0.235 e. The maximum absolute atomic E-state index is 5.43. The lowest BCUT2D eigenvalue weighted by Gasteiger charge is -2.13. The summed E-state index contributed by atoms with van der Waals surface area (Å²) in [4.78, 5) is 10.7. The van der Waals surface area contributed by atoms with Crippen LogP contribution in [-0.4, -0.2) is 19.1 Å². The van der Waals surface area contributed by atoms with Crippen molar-refractivity contribution < 1.29 is 0 Å². The Morgan fingerprint density at radius 3 is 1.55 bits per heavy atom. The highest BCUT2D eigenvalue weighted by atomic mass is 15.2. The van der Waals surface area contributed by atoms with Crippen molar-refractivity contribution >= 4 is 76.1 Å². The van der Waals surface area contributed by atoms with Gasteiger partial charge >= 0.3 is 0 Å². The number of hydrogen-bond donors (Lipinski definition) is 0. The van der Waals surface area contributed by atoms with Gasteiger partial charge < -0.3 is 4.57 Å². The van der Waals surface area contributed by atoms with Crippen LogP contribution in [0.25, 0.3) is 110 Å². The van der Waals surface area contributed by atoms with Gasteiger partial charge in [0.1, 0.15) is 0 Å². The molecule has 9 aromatic carbocycles. The molecule has 0 amide bonds. The quantitative estimate of drug-likeness (QED) is 0.182. The Morgan fingerprint density at radius 2 is 0.821 bits per heavy atom. The molecular weight excluding hydrogens is 681 g/mol. The lowest BCUT2D eigenvalue weighted by Crippen LogP contribution is -2.03. The van der Waals surface area contributed by atoms with Crippen LogP contribution in [0.2, 0.25) is 0 Å². The van der Waals surface area contributed by atoms with E-state index in [-0.39, 0.29) is 0 Å². The lowest BCUT2D eigenvalue weighted by molar-refractivity contribution is 1.01. The molecule has 0 saturated heterocycles. The Labute approximate surface area is 322 Å². The second kappa shape index (κ2) is 12.0. The highest BCUT2D eigenvalue weighted by Gasteiger charge is 2.20. The zero-order valence-corrected chi connectivity index (χ0v) is 30.3. The van der Waals surface area contributed by atoms with E-state index in [1.165, 1.54) is 54.5 Å². The Morgan fingerprint density at radius 1 is 0.304 bits per heavy atom. The van der Waals surface area contributed by atoms with Crippen molar-refractivity contribution in [1.82, 2.24) is 19.1 Å². The number of fused-ring (bicyclic) bond motifs is 9. The second-order valence-electron chi connectivity index (χ2n) is 14.7. The molecule has 0 radical (unpaired) electrons. The Balaban J connectivity index is 1.12. The van der Waals surface area contributed by atoms with Crippen LogP contribution < -0.4 is 0 Å². The highest BCUT2D eigenvalue weighted by molar-refractivity contribution is 6.16. The number of aromatic nitrogens is 4. The summed E-state index contributed by atoms with van der Waals surface area (Å²) in [6.07, 6.45) is 0. The molecule has 4 heteroatoms. The Kier molecular flexibility index (Phi) is 6.60. The summed E-state index contributed by atoms with van der Waals surface area (Å²) in [5.41, 5.74) is 10.9. The minimum atomic E-state index is 0.650. The first kappa shape index (κ1) is 30.9. The lowest BCUT2D eigenvalue weighted by atomic mass is 10.0. The van der Waals surface area contributed by atoms with Gasteiger partial charge in [0.2, 0.25) is 5.95 Å². The van der Waals surface area contributed by atoms with Gasteiger partial charge in [-0.3, -0.25) is 4.57 Å². The standard InChI is InChI=1S/C52H32N4/c1-2-12-33(13-3-1)34-22-24-35(25-23-34)51-42-19-8-10-20-46(42)53-52(54-51)56-48-27-26-40(32-45(48)44-29-37-15-5-7-17-39(37)31-50(44)56)55-47-21-11-9-18-41(47)43-28-36-14-4-6-16-38(36)30-49(43)55/h1-32H. The number of nitrogens with zero attached hydrogens (tertiary/aromatic N) is 4. The van der Waals surface area contributed by atoms with E-state index in [0.717, 1.165) is 49.7 Å². The molecule has 0 N–H and O–H groups in total. The molecule has 0 unspecified atom stereocenters. The number of rotatable bonds is 4. The van der Waals surface area contributed by atoms with Crippen molar-refractivity contribution in [3.63, 3.8) is 0 Å². The third kappa shape index (κ3) is 4.66. The average Bonchev–Trinajstić information content (AvgIpc) is 3.75. The van der Waals surface area contributed by atoms with Crippen LogP contribution in [0.1, 0.15) is 0 Å². The van der Waals surface area contributed by atoms with E-state index in [2.05, 4.69) is 203 Å². The van der Waals surface area contributed by atoms with Gasteiger partial charge in [-0.05, 0) is 87.3 Å². The first-order valence-corrected chi connectivity index (χ1v) is 19.1. The van der Waals surface area contributed by atoms with Gasteiger partial charge in [0.15, 0.2) is 0 Å². The Hall–Kier alpha value is -7.56. The topological polar surface area (TPSA) is 35.6 Å². The van der Waals surface area contributed by atoms with Crippen molar-refractivity contribution in [3.8, 4) is 34.0 Å². The third-order valence-electron chi connectivity index (χ3n) is 11.5. The first-order chi connectivity index (χ1) is 27.7. The second-order valence-corrected chi connectivity index (χ2v) is 14.7. The van der Waals surface area contributed by atoms with E-state index in [9.17, 15) is 0 Å². The van der Waals surface area contributed by atoms with E-state index < -0.39 is 0 Å². The zero-order valence-electron chi connectivity index (χ0n) is 30.3. The summed E-state index contributed by atoms with van der Waals surface area (Å²) < 4.78 is 4.68. The SMILES string of the molecule is c1ccc(-c2ccc(-c3nc(-n4c5ccc(-n6c7ccccc7c7cc8ccccc8cc76)cc5c5cc6ccccc6cc54)nc4ccccc34)cc2)cc1. The fraction of sp³-hybridized carbons (Fsp3) is 0. The molecule has 260 valence electrons. The van der Waals surface area contributed by atoms with Gasteiger partial charge in [-0.2, -0.15) is 0 Å². The Bertz CT molecular complexity index is 3520. The van der Waals surface area contributed by atoms with Gasteiger partial charge in [-0.25, -0.2) is 9.97 Å². The summed E-state index contributed by atoms with van der Waals surface area (Å²) in [5, 5.41) is 10.7. The van der Waals surface area contributed by atoms with Crippen molar-refractivity contribution in [2.24, 2.45) is 0 Å². The van der Waals surface area contributed by atoms with Crippen molar-refractivity contribution in [2.45, 2.75) is 0 Å². The molecule has 12 rings (SSSR count). The average molecular weight is 713 g/mol.